The SMILES string of the molecule is O=C(CSc1nnnn1C1CC1)N(CC=Cc1ccccc1)c1ccc2c(c1)OCCO2. The molecule has 1 amide bonds. The summed E-state index contributed by atoms with van der Waals surface area (Å²) in [6.07, 6.45) is 6.17. The zero-order valence-corrected chi connectivity index (χ0v) is 18.3. The van der Waals surface area contributed by atoms with Crippen LogP contribution in [0.3, 0.4) is 0 Å². The molecule has 3 aromatic rings. The van der Waals surface area contributed by atoms with E-state index in [1.54, 1.807) is 4.90 Å². The van der Waals surface area contributed by atoms with Crippen molar-refractivity contribution in [3.63, 3.8) is 0 Å². The average molecular weight is 450 g/mol. The summed E-state index contributed by atoms with van der Waals surface area (Å²) in [6.45, 7) is 1.46. The van der Waals surface area contributed by atoms with Gasteiger partial charge >= 0.3 is 0 Å². The van der Waals surface area contributed by atoms with Gasteiger partial charge in [-0.3, -0.25) is 4.79 Å². The van der Waals surface area contributed by atoms with Gasteiger partial charge in [-0.05, 0) is 41.0 Å². The first-order valence-electron chi connectivity index (χ1n) is 10.6. The molecule has 0 saturated heterocycles. The van der Waals surface area contributed by atoms with Crippen molar-refractivity contribution in [3.8, 4) is 11.5 Å². The number of anilines is 1. The number of ether oxygens (including phenoxy) is 2. The van der Waals surface area contributed by atoms with Crippen LogP contribution in [0.1, 0.15) is 24.4 Å². The van der Waals surface area contributed by atoms with E-state index in [1.807, 2.05) is 65.4 Å². The number of benzene rings is 2. The molecule has 0 bridgehead atoms. The number of fused-ring (bicyclic) bond motifs is 1. The summed E-state index contributed by atoms with van der Waals surface area (Å²) in [4.78, 5) is 15.0. The fourth-order valence-corrected chi connectivity index (χ4v) is 4.26. The predicted molar refractivity (Wildman–Crippen MR) is 122 cm³/mol. The molecule has 0 radical (unpaired) electrons. The van der Waals surface area contributed by atoms with Crippen LogP contribution in [0.4, 0.5) is 5.69 Å². The third-order valence-corrected chi connectivity index (χ3v) is 6.13. The molecule has 1 saturated carbocycles. The van der Waals surface area contributed by atoms with E-state index < -0.39 is 0 Å². The van der Waals surface area contributed by atoms with Crippen LogP contribution in [-0.2, 0) is 4.79 Å². The molecule has 2 aliphatic rings. The molecule has 32 heavy (non-hydrogen) atoms. The summed E-state index contributed by atoms with van der Waals surface area (Å²) in [6, 6.07) is 16.0. The zero-order valence-electron chi connectivity index (χ0n) is 17.5. The summed E-state index contributed by atoms with van der Waals surface area (Å²) in [5.74, 6) is 1.56. The van der Waals surface area contributed by atoms with Crippen molar-refractivity contribution in [2.75, 3.05) is 30.4 Å². The number of thioether (sulfide) groups is 1. The molecular formula is C23H23N5O3S. The first-order chi connectivity index (χ1) is 15.8. The molecule has 1 aromatic heterocycles. The average Bonchev–Trinajstić information content (AvgIpc) is 3.58. The lowest BCUT2D eigenvalue weighted by Gasteiger charge is -2.24. The summed E-state index contributed by atoms with van der Waals surface area (Å²) in [5.41, 5.74) is 1.85. The fourth-order valence-electron chi connectivity index (χ4n) is 3.44. The largest absolute Gasteiger partial charge is 0.486 e. The Kier molecular flexibility index (Phi) is 6.06. The minimum absolute atomic E-state index is 0.0327. The number of amides is 1. The second kappa shape index (κ2) is 9.44. The summed E-state index contributed by atoms with van der Waals surface area (Å²) in [7, 11) is 0. The van der Waals surface area contributed by atoms with E-state index in [1.165, 1.54) is 11.8 Å². The van der Waals surface area contributed by atoms with Gasteiger partial charge in [0.15, 0.2) is 11.5 Å². The van der Waals surface area contributed by atoms with E-state index in [-0.39, 0.29) is 11.7 Å². The van der Waals surface area contributed by atoms with Gasteiger partial charge in [-0.2, -0.15) is 0 Å². The maximum absolute atomic E-state index is 13.3. The monoisotopic (exact) mass is 449 g/mol. The number of carbonyl (C=O) groups is 1. The summed E-state index contributed by atoms with van der Waals surface area (Å²) in [5, 5.41) is 12.6. The number of hydrogen-bond acceptors (Lipinski definition) is 7. The van der Waals surface area contributed by atoms with Crippen LogP contribution >= 0.6 is 11.8 Å². The Labute approximate surface area is 190 Å². The van der Waals surface area contributed by atoms with Crippen LogP contribution in [0.15, 0.2) is 59.8 Å². The van der Waals surface area contributed by atoms with E-state index >= 15 is 0 Å². The van der Waals surface area contributed by atoms with Crippen molar-refractivity contribution in [1.82, 2.24) is 20.2 Å². The van der Waals surface area contributed by atoms with Crippen molar-refractivity contribution >= 4 is 29.4 Å². The normalized spacial score (nSPS) is 15.1. The molecule has 2 aromatic carbocycles. The van der Waals surface area contributed by atoms with Crippen molar-refractivity contribution in [3.05, 3.63) is 60.2 Å². The van der Waals surface area contributed by atoms with Crippen LogP contribution in [-0.4, -0.2) is 51.6 Å². The van der Waals surface area contributed by atoms with Gasteiger partial charge in [0.2, 0.25) is 11.1 Å². The number of rotatable bonds is 8. The quantitative estimate of drug-likeness (QED) is 0.486. The third-order valence-electron chi connectivity index (χ3n) is 5.22. The van der Waals surface area contributed by atoms with E-state index in [9.17, 15) is 4.79 Å². The molecule has 9 heteroatoms. The Hall–Kier alpha value is -3.33. The van der Waals surface area contributed by atoms with Crippen LogP contribution < -0.4 is 14.4 Å². The van der Waals surface area contributed by atoms with Crippen LogP contribution in [0.2, 0.25) is 0 Å². The van der Waals surface area contributed by atoms with Gasteiger partial charge in [-0.15, -0.1) is 5.10 Å². The number of tetrazole rings is 1. The highest BCUT2D eigenvalue weighted by Crippen LogP contribution is 2.37. The Morgan fingerprint density at radius 3 is 2.75 bits per heavy atom. The van der Waals surface area contributed by atoms with Crippen molar-refractivity contribution in [2.45, 2.75) is 24.0 Å². The number of aromatic nitrogens is 4. The van der Waals surface area contributed by atoms with Gasteiger partial charge in [-0.25, -0.2) is 4.68 Å². The molecule has 1 aliphatic heterocycles. The zero-order chi connectivity index (χ0) is 21.8. The van der Waals surface area contributed by atoms with Crippen molar-refractivity contribution < 1.29 is 14.3 Å². The van der Waals surface area contributed by atoms with Gasteiger partial charge in [0.25, 0.3) is 0 Å². The van der Waals surface area contributed by atoms with Gasteiger partial charge in [-0.1, -0.05) is 54.2 Å². The Morgan fingerprint density at radius 2 is 1.94 bits per heavy atom. The molecule has 164 valence electrons. The minimum atomic E-state index is -0.0327. The van der Waals surface area contributed by atoms with E-state index in [2.05, 4.69) is 15.5 Å². The van der Waals surface area contributed by atoms with Crippen LogP contribution in [0.5, 0.6) is 11.5 Å². The van der Waals surface area contributed by atoms with E-state index in [4.69, 9.17) is 9.47 Å². The van der Waals surface area contributed by atoms with Crippen molar-refractivity contribution in [2.24, 2.45) is 0 Å². The fraction of sp³-hybridized carbons (Fsp3) is 0.304. The smallest absolute Gasteiger partial charge is 0.237 e. The lowest BCUT2D eigenvalue weighted by atomic mass is 10.2. The van der Waals surface area contributed by atoms with E-state index in [0.717, 1.165) is 24.1 Å². The standard InChI is InChI=1S/C23H23N5O3S/c29-22(16-32-23-24-25-26-28(23)18-8-9-18)27(12-4-7-17-5-2-1-3-6-17)19-10-11-20-21(15-19)31-14-13-30-20/h1-7,10-11,15,18H,8-9,12-14,16H2. The Bertz CT molecular complexity index is 1110. The molecule has 8 nitrogen and oxygen atoms in total. The first-order valence-corrected chi connectivity index (χ1v) is 11.6. The van der Waals surface area contributed by atoms with Gasteiger partial charge < -0.3 is 14.4 Å². The Balaban J connectivity index is 1.33. The topological polar surface area (TPSA) is 82.4 Å². The molecular weight excluding hydrogens is 426 g/mol. The number of nitrogens with zero attached hydrogens (tertiary/aromatic N) is 5. The molecule has 0 N–H and O–H groups in total. The molecule has 0 unspecified atom stereocenters. The molecule has 1 fully saturated rings. The van der Waals surface area contributed by atoms with Gasteiger partial charge in [0.05, 0.1) is 11.8 Å². The maximum Gasteiger partial charge on any atom is 0.237 e. The summed E-state index contributed by atoms with van der Waals surface area (Å²) < 4.78 is 13.2. The molecule has 5 rings (SSSR count). The molecule has 0 atom stereocenters. The highest BCUT2D eigenvalue weighted by Gasteiger charge is 2.28. The second-order valence-corrected chi connectivity index (χ2v) is 8.51. The van der Waals surface area contributed by atoms with Crippen LogP contribution in [0.25, 0.3) is 6.08 Å². The highest BCUT2D eigenvalue weighted by molar-refractivity contribution is 7.99. The second-order valence-electron chi connectivity index (χ2n) is 7.57. The maximum atomic E-state index is 13.3. The number of hydrogen-bond donors (Lipinski definition) is 0. The van der Waals surface area contributed by atoms with Crippen molar-refractivity contribution in [1.29, 1.82) is 0 Å². The third kappa shape index (κ3) is 4.77. The predicted octanol–water partition coefficient (Wildman–Crippen LogP) is 3.62. The minimum Gasteiger partial charge on any atom is -0.486 e. The highest BCUT2D eigenvalue weighted by atomic mass is 32.2. The first kappa shape index (κ1) is 20.6. The molecule has 0 spiro atoms. The number of carbonyl (C=O) groups excluding carboxylic acids is 1. The van der Waals surface area contributed by atoms with Gasteiger partial charge in [0, 0.05) is 18.3 Å². The molecule has 2 heterocycles. The van der Waals surface area contributed by atoms with Gasteiger partial charge in [0.1, 0.15) is 13.2 Å². The summed E-state index contributed by atoms with van der Waals surface area (Å²) >= 11 is 1.37. The van der Waals surface area contributed by atoms with Crippen LogP contribution in [0, 0.1) is 0 Å². The lowest BCUT2D eigenvalue weighted by Crippen LogP contribution is -2.33. The lowest BCUT2D eigenvalue weighted by molar-refractivity contribution is -0.116. The van der Waals surface area contributed by atoms with E-state index in [0.29, 0.717) is 42.5 Å². The Morgan fingerprint density at radius 1 is 1.12 bits per heavy atom. The molecule has 1 aliphatic carbocycles.